The van der Waals surface area contributed by atoms with E-state index in [0.29, 0.717) is 0 Å². The van der Waals surface area contributed by atoms with Crippen LogP contribution in [0, 0.1) is 6.92 Å². The van der Waals surface area contributed by atoms with Crippen molar-refractivity contribution in [3.63, 3.8) is 0 Å². The highest BCUT2D eigenvalue weighted by molar-refractivity contribution is 7.92. The summed E-state index contributed by atoms with van der Waals surface area (Å²) in [4.78, 5) is 0. The molecule has 0 amide bonds. The molecule has 0 radical (unpaired) electrons. The first-order valence-corrected chi connectivity index (χ1v) is 7.22. The average molecular weight is 239 g/mol. The van der Waals surface area contributed by atoms with Crippen molar-refractivity contribution in [2.75, 3.05) is 5.75 Å². The number of aryl methyl sites for hydroxylation is 1. The molecule has 0 heterocycles. The van der Waals surface area contributed by atoms with Crippen LogP contribution in [0.3, 0.4) is 0 Å². The summed E-state index contributed by atoms with van der Waals surface area (Å²) in [5.74, 6) is 0.166. The van der Waals surface area contributed by atoms with E-state index in [4.69, 9.17) is 5.73 Å². The zero-order chi connectivity index (χ0) is 11.9. The number of hydrogen-bond acceptors (Lipinski definition) is 3. The van der Waals surface area contributed by atoms with Crippen molar-refractivity contribution in [3.8, 4) is 0 Å². The molecule has 0 aromatic heterocycles. The van der Waals surface area contributed by atoms with Crippen LogP contribution in [0.1, 0.15) is 24.0 Å². The Hall–Kier alpha value is -0.870. The van der Waals surface area contributed by atoms with E-state index in [1.165, 1.54) is 5.56 Å². The molecule has 0 bridgehead atoms. The third kappa shape index (κ3) is 1.87. The maximum Gasteiger partial charge on any atom is 0.155 e. The van der Waals surface area contributed by atoms with Crippen molar-refractivity contribution in [1.29, 1.82) is 0 Å². The van der Waals surface area contributed by atoms with Crippen LogP contribution in [-0.2, 0) is 9.84 Å². The summed E-state index contributed by atoms with van der Waals surface area (Å²) in [6, 6.07) is 7.72. The van der Waals surface area contributed by atoms with Crippen molar-refractivity contribution < 1.29 is 8.42 Å². The topological polar surface area (TPSA) is 60.2 Å². The smallest absolute Gasteiger partial charge is 0.155 e. The molecular weight excluding hydrogens is 222 g/mol. The van der Waals surface area contributed by atoms with E-state index in [2.05, 4.69) is 0 Å². The van der Waals surface area contributed by atoms with Crippen molar-refractivity contribution >= 4 is 9.84 Å². The standard InChI is InChI=1S/C12H17NO2S/c1-3-16(14,15)12-10(11(12)13)9-6-4-8(2)5-7-9/h4-7,10-12H,3,13H2,1-2H3/t10-,11-,12+/m1/s1. The van der Waals surface area contributed by atoms with Gasteiger partial charge in [0.25, 0.3) is 0 Å². The van der Waals surface area contributed by atoms with E-state index in [9.17, 15) is 8.42 Å². The van der Waals surface area contributed by atoms with Gasteiger partial charge in [0.2, 0.25) is 0 Å². The molecule has 2 rings (SSSR count). The van der Waals surface area contributed by atoms with E-state index < -0.39 is 9.84 Å². The Morgan fingerprint density at radius 2 is 1.81 bits per heavy atom. The fraction of sp³-hybridized carbons (Fsp3) is 0.500. The van der Waals surface area contributed by atoms with Crippen LogP contribution in [0.2, 0.25) is 0 Å². The second kappa shape index (κ2) is 3.86. The van der Waals surface area contributed by atoms with E-state index in [1.807, 2.05) is 31.2 Å². The Balaban J connectivity index is 2.24. The summed E-state index contributed by atoms with van der Waals surface area (Å²) in [7, 11) is -3.01. The minimum absolute atomic E-state index is 0.00875. The Bertz CT molecular complexity index is 478. The maximum absolute atomic E-state index is 11.7. The molecule has 1 aromatic rings. The molecule has 2 N–H and O–H groups in total. The van der Waals surface area contributed by atoms with Crippen LogP contribution in [0.4, 0.5) is 0 Å². The van der Waals surface area contributed by atoms with Crippen molar-refractivity contribution in [2.24, 2.45) is 5.73 Å². The second-order valence-electron chi connectivity index (χ2n) is 4.43. The lowest BCUT2D eigenvalue weighted by molar-refractivity contribution is 0.594. The van der Waals surface area contributed by atoms with Gasteiger partial charge in [-0.15, -0.1) is 0 Å². The zero-order valence-corrected chi connectivity index (χ0v) is 10.4. The minimum atomic E-state index is -3.01. The van der Waals surface area contributed by atoms with E-state index in [0.717, 1.165) is 5.56 Å². The van der Waals surface area contributed by atoms with Gasteiger partial charge in [-0.1, -0.05) is 36.8 Å². The van der Waals surface area contributed by atoms with Gasteiger partial charge in [0.05, 0.1) is 5.25 Å². The number of rotatable bonds is 3. The molecule has 1 fully saturated rings. The molecule has 1 saturated carbocycles. The lowest BCUT2D eigenvalue weighted by atomic mass is 10.1. The Labute approximate surface area is 96.6 Å². The SMILES string of the molecule is CCS(=O)(=O)[C@@H]1[C@H](N)[C@H]1c1ccc(C)cc1. The second-order valence-corrected chi connectivity index (χ2v) is 6.88. The molecule has 1 aliphatic rings. The predicted octanol–water partition coefficient (Wildman–Crippen LogP) is 1.22. The van der Waals surface area contributed by atoms with E-state index in [1.54, 1.807) is 6.92 Å². The number of benzene rings is 1. The lowest BCUT2D eigenvalue weighted by Crippen LogP contribution is -2.17. The fourth-order valence-corrected chi connectivity index (χ4v) is 3.89. The van der Waals surface area contributed by atoms with Gasteiger partial charge >= 0.3 is 0 Å². The molecule has 1 aromatic carbocycles. The Morgan fingerprint density at radius 3 is 2.31 bits per heavy atom. The Morgan fingerprint density at radius 1 is 1.25 bits per heavy atom. The first kappa shape index (κ1) is 11.6. The maximum atomic E-state index is 11.7. The predicted molar refractivity (Wildman–Crippen MR) is 65.1 cm³/mol. The van der Waals surface area contributed by atoms with Crippen LogP contribution in [-0.4, -0.2) is 25.5 Å². The normalized spacial score (nSPS) is 29.1. The number of sulfone groups is 1. The monoisotopic (exact) mass is 239 g/mol. The minimum Gasteiger partial charge on any atom is -0.326 e. The Kier molecular flexibility index (Phi) is 2.80. The summed E-state index contributed by atoms with van der Waals surface area (Å²) in [5, 5.41) is -0.375. The molecule has 0 spiro atoms. The molecule has 88 valence electrons. The van der Waals surface area contributed by atoms with Gasteiger partial charge < -0.3 is 5.73 Å². The van der Waals surface area contributed by atoms with Gasteiger partial charge in [-0.05, 0) is 12.5 Å². The third-order valence-corrected chi connectivity index (χ3v) is 5.53. The molecule has 1 aliphatic carbocycles. The summed E-state index contributed by atoms with van der Waals surface area (Å²) in [6.07, 6.45) is 0. The number of hydrogen-bond donors (Lipinski definition) is 1. The summed E-state index contributed by atoms with van der Waals surface area (Å²) in [5.41, 5.74) is 8.08. The molecular formula is C12H17NO2S. The molecule has 0 unspecified atom stereocenters. The van der Waals surface area contributed by atoms with E-state index >= 15 is 0 Å². The van der Waals surface area contributed by atoms with Crippen LogP contribution < -0.4 is 5.73 Å². The summed E-state index contributed by atoms with van der Waals surface area (Å²) in [6.45, 7) is 3.68. The van der Waals surface area contributed by atoms with Crippen LogP contribution in [0.5, 0.6) is 0 Å². The van der Waals surface area contributed by atoms with Crippen LogP contribution >= 0.6 is 0 Å². The highest BCUT2D eigenvalue weighted by atomic mass is 32.2. The fourth-order valence-electron chi connectivity index (χ4n) is 2.16. The van der Waals surface area contributed by atoms with Crippen LogP contribution in [0.15, 0.2) is 24.3 Å². The van der Waals surface area contributed by atoms with E-state index in [-0.39, 0.29) is 23.0 Å². The molecule has 0 aliphatic heterocycles. The third-order valence-electron chi connectivity index (χ3n) is 3.29. The highest BCUT2D eigenvalue weighted by Crippen LogP contribution is 2.45. The largest absolute Gasteiger partial charge is 0.326 e. The first-order chi connectivity index (χ1) is 7.47. The molecule has 16 heavy (non-hydrogen) atoms. The van der Waals surface area contributed by atoms with Gasteiger partial charge in [0, 0.05) is 17.7 Å². The lowest BCUT2D eigenvalue weighted by Gasteiger charge is -2.01. The van der Waals surface area contributed by atoms with Gasteiger partial charge in [-0.3, -0.25) is 0 Å². The van der Waals surface area contributed by atoms with Gasteiger partial charge in [-0.2, -0.15) is 0 Å². The molecule has 0 saturated heterocycles. The van der Waals surface area contributed by atoms with Gasteiger partial charge in [0.1, 0.15) is 0 Å². The summed E-state index contributed by atoms with van der Waals surface area (Å²) >= 11 is 0. The molecule has 4 heteroatoms. The van der Waals surface area contributed by atoms with Crippen molar-refractivity contribution in [1.82, 2.24) is 0 Å². The zero-order valence-electron chi connectivity index (χ0n) is 9.55. The highest BCUT2D eigenvalue weighted by Gasteiger charge is 2.55. The number of nitrogens with two attached hydrogens (primary N) is 1. The average Bonchev–Trinajstić information content (AvgIpc) is 2.92. The van der Waals surface area contributed by atoms with Crippen molar-refractivity contribution in [2.45, 2.75) is 31.1 Å². The molecule has 3 nitrogen and oxygen atoms in total. The summed E-state index contributed by atoms with van der Waals surface area (Å²) < 4.78 is 23.5. The quantitative estimate of drug-likeness (QED) is 0.863. The van der Waals surface area contributed by atoms with Crippen molar-refractivity contribution in [3.05, 3.63) is 35.4 Å². The van der Waals surface area contributed by atoms with Crippen LogP contribution in [0.25, 0.3) is 0 Å². The molecule has 3 atom stereocenters. The van der Waals surface area contributed by atoms with Gasteiger partial charge in [-0.25, -0.2) is 8.42 Å². The van der Waals surface area contributed by atoms with Gasteiger partial charge in [0.15, 0.2) is 9.84 Å². The first-order valence-electron chi connectivity index (χ1n) is 5.51.